The van der Waals surface area contributed by atoms with Crippen molar-refractivity contribution >= 4 is 0 Å². The smallest absolute Gasteiger partial charge is 0.334 e. The van der Waals surface area contributed by atoms with Gasteiger partial charge in [-0.3, -0.25) is 0 Å². The summed E-state index contributed by atoms with van der Waals surface area (Å²) in [6, 6.07) is 13.1. The number of alkyl halides is 3. The molecule has 7 heteroatoms. The van der Waals surface area contributed by atoms with Crippen LogP contribution in [0.3, 0.4) is 0 Å². The number of hydrogen-bond donors (Lipinski definition) is 1. The lowest BCUT2D eigenvalue weighted by molar-refractivity contribution is -0.137. The van der Waals surface area contributed by atoms with Crippen molar-refractivity contribution in [1.29, 1.82) is 0 Å². The summed E-state index contributed by atoms with van der Waals surface area (Å²) in [6.45, 7) is 0.827. The van der Waals surface area contributed by atoms with Crippen LogP contribution in [0.1, 0.15) is 30.4 Å². The van der Waals surface area contributed by atoms with Crippen molar-refractivity contribution in [2.24, 2.45) is 0 Å². The maximum absolute atomic E-state index is 12.6. The molecule has 27 heavy (non-hydrogen) atoms. The van der Waals surface area contributed by atoms with Gasteiger partial charge in [0.25, 0.3) is 5.89 Å². The predicted octanol–water partition coefficient (Wildman–Crippen LogP) is 5.06. The molecule has 1 aliphatic carbocycles. The SMILES string of the molecule is FC(F)(F)c1ccc(-c2nc(-c3ccc(CNC4CCC4)cc3)no2)cc1. The Morgan fingerprint density at radius 3 is 2.22 bits per heavy atom. The summed E-state index contributed by atoms with van der Waals surface area (Å²) < 4.78 is 43.1. The number of halogens is 3. The van der Waals surface area contributed by atoms with Crippen LogP contribution in [0.5, 0.6) is 0 Å². The predicted molar refractivity (Wildman–Crippen MR) is 94.7 cm³/mol. The molecule has 1 aliphatic rings. The van der Waals surface area contributed by atoms with Gasteiger partial charge in [0.1, 0.15) is 0 Å². The fraction of sp³-hybridized carbons (Fsp3) is 0.300. The molecule has 1 saturated carbocycles. The van der Waals surface area contributed by atoms with Crippen LogP contribution in [0.15, 0.2) is 53.1 Å². The number of nitrogens with one attached hydrogen (secondary N) is 1. The third kappa shape index (κ3) is 4.03. The highest BCUT2D eigenvalue weighted by Gasteiger charge is 2.30. The Bertz CT molecular complexity index is 897. The summed E-state index contributed by atoms with van der Waals surface area (Å²) in [7, 11) is 0. The second kappa shape index (κ2) is 7.15. The van der Waals surface area contributed by atoms with Crippen molar-refractivity contribution in [2.45, 2.75) is 38.0 Å². The normalized spacial score (nSPS) is 14.9. The molecule has 140 valence electrons. The third-order valence-corrected chi connectivity index (χ3v) is 4.80. The zero-order chi connectivity index (χ0) is 18.9. The maximum Gasteiger partial charge on any atom is 0.416 e. The van der Waals surface area contributed by atoms with Crippen LogP contribution < -0.4 is 5.32 Å². The van der Waals surface area contributed by atoms with Crippen molar-refractivity contribution in [3.8, 4) is 22.8 Å². The molecule has 2 aromatic carbocycles. The minimum Gasteiger partial charge on any atom is -0.334 e. The minimum absolute atomic E-state index is 0.189. The Kier molecular flexibility index (Phi) is 4.70. The van der Waals surface area contributed by atoms with E-state index in [-0.39, 0.29) is 5.89 Å². The van der Waals surface area contributed by atoms with E-state index < -0.39 is 11.7 Å². The second-order valence-corrected chi connectivity index (χ2v) is 6.70. The lowest BCUT2D eigenvalue weighted by atomic mass is 9.93. The zero-order valence-corrected chi connectivity index (χ0v) is 14.5. The highest BCUT2D eigenvalue weighted by atomic mass is 19.4. The van der Waals surface area contributed by atoms with Crippen molar-refractivity contribution in [3.05, 3.63) is 59.7 Å². The Morgan fingerprint density at radius 2 is 1.63 bits per heavy atom. The van der Waals surface area contributed by atoms with Gasteiger partial charge in [-0.1, -0.05) is 35.8 Å². The second-order valence-electron chi connectivity index (χ2n) is 6.70. The molecule has 0 amide bonds. The van der Waals surface area contributed by atoms with Crippen LogP contribution in [0.25, 0.3) is 22.8 Å². The first-order valence-electron chi connectivity index (χ1n) is 8.83. The quantitative estimate of drug-likeness (QED) is 0.679. The van der Waals surface area contributed by atoms with Crippen LogP contribution in [0.4, 0.5) is 13.2 Å². The molecule has 3 aromatic rings. The molecule has 1 fully saturated rings. The van der Waals surface area contributed by atoms with E-state index in [0.717, 1.165) is 24.2 Å². The van der Waals surface area contributed by atoms with E-state index in [1.54, 1.807) is 0 Å². The van der Waals surface area contributed by atoms with E-state index in [1.165, 1.54) is 37.0 Å². The van der Waals surface area contributed by atoms with Crippen molar-refractivity contribution in [1.82, 2.24) is 15.5 Å². The molecule has 0 aliphatic heterocycles. The van der Waals surface area contributed by atoms with Gasteiger partial charge in [0.2, 0.25) is 5.82 Å². The van der Waals surface area contributed by atoms with Crippen molar-refractivity contribution in [2.75, 3.05) is 0 Å². The maximum atomic E-state index is 12.6. The molecule has 0 unspecified atom stereocenters. The molecule has 4 nitrogen and oxygen atoms in total. The summed E-state index contributed by atoms with van der Waals surface area (Å²) in [4.78, 5) is 4.29. The van der Waals surface area contributed by atoms with Crippen LogP contribution >= 0.6 is 0 Å². The molecular weight excluding hydrogens is 355 g/mol. The third-order valence-electron chi connectivity index (χ3n) is 4.80. The first-order chi connectivity index (χ1) is 13.0. The van der Waals surface area contributed by atoms with Gasteiger partial charge in [-0.25, -0.2) is 0 Å². The topological polar surface area (TPSA) is 51.0 Å². The summed E-state index contributed by atoms with van der Waals surface area (Å²) in [5, 5.41) is 7.44. The van der Waals surface area contributed by atoms with Gasteiger partial charge in [-0.2, -0.15) is 18.2 Å². The molecule has 1 N–H and O–H groups in total. The Morgan fingerprint density at radius 1 is 0.963 bits per heavy atom. The lowest BCUT2D eigenvalue weighted by Crippen LogP contribution is -2.34. The fourth-order valence-electron chi connectivity index (χ4n) is 2.91. The Balaban J connectivity index is 1.45. The Hall–Kier alpha value is -2.67. The summed E-state index contributed by atoms with van der Waals surface area (Å²) in [5.41, 5.74) is 1.71. The van der Waals surface area contributed by atoms with E-state index in [1.807, 2.05) is 24.3 Å². The monoisotopic (exact) mass is 373 g/mol. The molecular formula is C20H18F3N3O. The van der Waals surface area contributed by atoms with Gasteiger partial charge >= 0.3 is 6.18 Å². The van der Waals surface area contributed by atoms with Gasteiger partial charge in [0, 0.05) is 23.7 Å². The molecule has 0 atom stereocenters. The largest absolute Gasteiger partial charge is 0.416 e. The number of hydrogen-bond acceptors (Lipinski definition) is 4. The zero-order valence-electron chi connectivity index (χ0n) is 14.5. The average molecular weight is 373 g/mol. The van der Waals surface area contributed by atoms with Gasteiger partial charge in [0.15, 0.2) is 0 Å². The molecule has 4 rings (SSSR count). The van der Waals surface area contributed by atoms with Crippen LogP contribution in [-0.2, 0) is 12.7 Å². The summed E-state index contributed by atoms with van der Waals surface area (Å²) >= 11 is 0. The molecule has 0 spiro atoms. The van der Waals surface area contributed by atoms with Gasteiger partial charge < -0.3 is 9.84 Å². The minimum atomic E-state index is -4.37. The van der Waals surface area contributed by atoms with Crippen molar-refractivity contribution < 1.29 is 17.7 Å². The highest BCUT2D eigenvalue weighted by molar-refractivity contribution is 5.60. The fourth-order valence-corrected chi connectivity index (χ4v) is 2.91. The van der Waals surface area contributed by atoms with E-state index >= 15 is 0 Å². The number of aromatic nitrogens is 2. The van der Waals surface area contributed by atoms with E-state index in [0.29, 0.717) is 17.4 Å². The lowest BCUT2D eigenvalue weighted by Gasteiger charge is -2.26. The van der Waals surface area contributed by atoms with Gasteiger partial charge in [0.05, 0.1) is 5.56 Å². The first-order valence-corrected chi connectivity index (χ1v) is 8.83. The van der Waals surface area contributed by atoms with Crippen LogP contribution in [0, 0.1) is 0 Å². The number of rotatable bonds is 5. The van der Waals surface area contributed by atoms with E-state index in [9.17, 15) is 13.2 Å². The first kappa shape index (κ1) is 17.7. The van der Waals surface area contributed by atoms with Crippen LogP contribution in [0.2, 0.25) is 0 Å². The average Bonchev–Trinajstić information content (AvgIpc) is 3.10. The van der Waals surface area contributed by atoms with E-state index in [2.05, 4.69) is 15.5 Å². The number of benzene rings is 2. The van der Waals surface area contributed by atoms with Gasteiger partial charge in [-0.15, -0.1) is 0 Å². The number of nitrogens with zero attached hydrogens (tertiary/aromatic N) is 2. The Labute approximate surface area is 154 Å². The molecule has 1 heterocycles. The summed E-state index contributed by atoms with van der Waals surface area (Å²) in [5.74, 6) is 0.595. The van der Waals surface area contributed by atoms with Gasteiger partial charge in [-0.05, 0) is 42.7 Å². The van der Waals surface area contributed by atoms with Crippen molar-refractivity contribution in [3.63, 3.8) is 0 Å². The molecule has 0 saturated heterocycles. The highest BCUT2D eigenvalue weighted by Crippen LogP contribution is 2.31. The molecule has 0 bridgehead atoms. The standard InChI is InChI=1S/C20H18F3N3O/c21-20(22,23)16-10-8-15(9-11-16)19-25-18(26-27-19)14-6-4-13(5-7-14)12-24-17-2-1-3-17/h4-11,17,24H,1-3,12H2. The molecule has 0 radical (unpaired) electrons. The van der Waals surface area contributed by atoms with Crippen LogP contribution in [-0.4, -0.2) is 16.2 Å². The summed E-state index contributed by atoms with van der Waals surface area (Å²) in [6.07, 6.45) is -0.579. The molecule has 1 aromatic heterocycles. The van der Waals surface area contributed by atoms with E-state index in [4.69, 9.17) is 4.52 Å².